The number of amides is 1. The van der Waals surface area contributed by atoms with Crippen LogP contribution in [0.5, 0.6) is 0 Å². The molecular weight excluding hydrogens is 190 g/mol. The third-order valence-electron chi connectivity index (χ3n) is 2.65. The molecule has 2 heterocycles. The molecule has 1 aliphatic rings. The Labute approximate surface area is 89.1 Å². The highest BCUT2D eigenvalue weighted by Crippen LogP contribution is 2.07. The van der Waals surface area contributed by atoms with Crippen LogP contribution in [0.1, 0.15) is 12.0 Å². The molecule has 1 aliphatic heterocycles. The summed E-state index contributed by atoms with van der Waals surface area (Å²) in [5, 5.41) is 6.11. The van der Waals surface area contributed by atoms with E-state index >= 15 is 0 Å². The van der Waals surface area contributed by atoms with E-state index in [1.807, 2.05) is 12.1 Å². The van der Waals surface area contributed by atoms with E-state index in [0.717, 1.165) is 25.1 Å². The van der Waals surface area contributed by atoms with Crippen molar-refractivity contribution in [3.63, 3.8) is 0 Å². The average Bonchev–Trinajstić information content (AvgIpc) is 2.81. The molecule has 0 radical (unpaired) electrons. The first-order valence-corrected chi connectivity index (χ1v) is 5.23. The van der Waals surface area contributed by atoms with Crippen LogP contribution in [0.4, 0.5) is 0 Å². The highest BCUT2D eigenvalue weighted by Gasteiger charge is 2.21. The summed E-state index contributed by atoms with van der Waals surface area (Å²) in [6, 6.07) is 3.82. The van der Waals surface area contributed by atoms with E-state index < -0.39 is 0 Å². The highest BCUT2D eigenvalue weighted by molar-refractivity contribution is 5.79. The van der Waals surface area contributed by atoms with Gasteiger partial charge < -0.3 is 10.6 Å². The molecular formula is C11H15N3O. The predicted molar refractivity (Wildman–Crippen MR) is 57.1 cm³/mol. The summed E-state index contributed by atoms with van der Waals surface area (Å²) < 4.78 is 0. The lowest BCUT2D eigenvalue weighted by molar-refractivity contribution is -0.124. The lowest BCUT2D eigenvalue weighted by atomic mass is 10.1. The van der Waals surface area contributed by atoms with Gasteiger partial charge >= 0.3 is 0 Å². The first-order chi connectivity index (χ1) is 7.36. The number of nitrogens with one attached hydrogen (secondary N) is 2. The van der Waals surface area contributed by atoms with Crippen molar-refractivity contribution in [3.05, 3.63) is 30.1 Å². The predicted octanol–water partition coefficient (Wildman–Crippen LogP) is 0.307. The monoisotopic (exact) mass is 205 g/mol. The summed E-state index contributed by atoms with van der Waals surface area (Å²) in [4.78, 5) is 15.6. The molecule has 2 N–H and O–H groups in total. The molecule has 2 rings (SSSR count). The number of rotatable bonds is 3. The maximum absolute atomic E-state index is 11.7. The molecule has 0 unspecified atom stereocenters. The molecule has 1 aromatic rings. The van der Waals surface area contributed by atoms with Crippen molar-refractivity contribution in [2.75, 3.05) is 13.1 Å². The molecule has 0 bridgehead atoms. The third kappa shape index (κ3) is 2.76. The van der Waals surface area contributed by atoms with E-state index in [9.17, 15) is 4.79 Å². The number of nitrogens with zero attached hydrogens (tertiary/aromatic N) is 1. The van der Waals surface area contributed by atoms with Gasteiger partial charge in [-0.3, -0.25) is 9.78 Å². The van der Waals surface area contributed by atoms with Gasteiger partial charge in [0.25, 0.3) is 0 Å². The van der Waals surface area contributed by atoms with Crippen molar-refractivity contribution in [1.82, 2.24) is 15.6 Å². The molecule has 0 saturated carbocycles. The fourth-order valence-corrected chi connectivity index (χ4v) is 1.71. The molecule has 1 amide bonds. The van der Waals surface area contributed by atoms with Gasteiger partial charge in [-0.1, -0.05) is 0 Å². The molecule has 1 atom stereocenters. The Morgan fingerprint density at radius 3 is 3.00 bits per heavy atom. The standard InChI is InChI=1S/C11H15N3O/c15-11(10-3-6-13-8-10)14-7-9-1-4-12-5-2-9/h1-2,4-5,10,13H,3,6-8H2,(H,14,15)/t10-/m0/s1. The van der Waals surface area contributed by atoms with Gasteiger partial charge in [0.2, 0.25) is 5.91 Å². The highest BCUT2D eigenvalue weighted by atomic mass is 16.1. The van der Waals surface area contributed by atoms with Crippen molar-refractivity contribution in [2.24, 2.45) is 5.92 Å². The van der Waals surface area contributed by atoms with E-state index in [1.165, 1.54) is 0 Å². The molecule has 0 spiro atoms. The molecule has 0 aliphatic carbocycles. The quantitative estimate of drug-likeness (QED) is 0.746. The van der Waals surface area contributed by atoms with Gasteiger partial charge in [-0.15, -0.1) is 0 Å². The topological polar surface area (TPSA) is 54.0 Å². The van der Waals surface area contributed by atoms with Crippen LogP contribution in [0, 0.1) is 5.92 Å². The van der Waals surface area contributed by atoms with Crippen LogP contribution in [0.3, 0.4) is 0 Å². The van der Waals surface area contributed by atoms with E-state index in [4.69, 9.17) is 0 Å². The van der Waals surface area contributed by atoms with E-state index in [-0.39, 0.29) is 11.8 Å². The van der Waals surface area contributed by atoms with Crippen molar-refractivity contribution < 1.29 is 4.79 Å². The number of pyridine rings is 1. The van der Waals surface area contributed by atoms with Crippen LogP contribution in [0.2, 0.25) is 0 Å². The second-order valence-electron chi connectivity index (χ2n) is 3.76. The van der Waals surface area contributed by atoms with Crippen molar-refractivity contribution >= 4 is 5.91 Å². The zero-order valence-corrected chi connectivity index (χ0v) is 8.57. The van der Waals surface area contributed by atoms with Gasteiger partial charge in [0, 0.05) is 25.5 Å². The molecule has 80 valence electrons. The smallest absolute Gasteiger partial charge is 0.224 e. The van der Waals surface area contributed by atoms with E-state index in [1.54, 1.807) is 12.4 Å². The summed E-state index contributed by atoms with van der Waals surface area (Å²) in [6.45, 7) is 2.35. The number of aromatic nitrogens is 1. The van der Waals surface area contributed by atoms with Gasteiger partial charge in [0.05, 0.1) is 5.92 Å². The van der Waals surface area contributed by atoms with Gasteiger partial charge in [0.15, 0.2) is 0 Å². The average molecular weight is 205 g/mol. The molecule has 1 aromatic heterocycles. The van der Waals surface area contributed by atoms with Crippen LogP contribution < -0.4 is 10.6 Å². The fourth-order valence-electron chi connectivity index (χ4n) is 1.71. The Hall–Kier alpha value is -1.42. The fraction of sp³-hybridized carbons (Fsp3) is 0.455. The minimum absolute atomic E-state index is 0.145. The Balaban J connectivity index is 1.80. The lowest BCUT2D eigenvalue weighted by Gasteiger charge is -2.09. The zero-order chi connectivity index (χ0) is 10.5. The number of carbonyl (C=O) groups is 1. The Morgan fingerprint density at radius 1 is 1.53 bits per heavy atom. The molecule has 1 saturated heterocycles. The number of carbonyl (C=O) groups excluding carboxylic acids is 1. The summed E-state index contributed by atoms with van der Waals surface area (Å²) in [6.07, 6.45) is 4.42. The molecule has 4 heteroatoms. The minimum Gasteiger partial charge on any atom is -0.352 e. The van der Waals surface area contributed by atoms with Gasteiger partial charge in [-0.2, -0.15) is 0 Å². The Bertz CT molecular complexity index is 320. The summed E-state index contributed by atoms with van der Waals surface area (Å²) in [5.41, 5.74) is 1.09. The zero-order valence-electron chi connectivity index (χ0n) is 8.57. The largest absolute Gasteiger partial charge is 0.352 e. The van der Waals surface area contributed by atoms with Crippen molar-refractivity contribution in [2.45, 2.75) is 13.0 Å². The Morgan fingerprint density at radius 2 is 2.33 bits per heavy atom. The Kier molecular flexibility index (Phi) is 3.29. The van der Waals surface area contributed by atoms with Crippen LogP contribution >= 0.6 is 0 Å². The maximum Gasteiger partial charge on any atom is 0.224 e. The summed E-state index contributed by atoms with van der Waals surface area (Å²) in [5.74, 6) is 0.295. The first-order valence-electron chi connectivity index (χ1n) is 5.23. The van der Waals surface area contributed by atoms with Crippen LogP contribution in [0.25, 0.3) is 0 Å². The second kappa shape index (κ2) is 4.89. The van der Waals surface area contributed by atoms with Crippen molar-refractivity contribution in [3.8, 4) is 0 Å². The minimum atomic E-state index is 0.145. The third-order valence-corrected chi connectivity index (χ3v) is 2.65. The molecule has 4 nitrogen and oxygen atoms in total. The van der Waals surface area contributed by atoms with Gasteiger partial charge in [0.1, 0.15) is 0 Å². The van der Waals surface area contributed by atoms with E-state index in [0.29, 0.717) is 6.54 Å². The van der Waals surface area contributed by atoms with E-state index in [2.05, 4.69) is 15.6 Å². The molecule has 15 heavy (non-hydrogen) atoms. The second-order valence-corrected chi connectivity index (χ2v) is 3.76. The van der Waals surface area contributed by atoms with Crippen molar-refractivity contribution in [1.29, 1.82) is 0 Å². The van der Waals surface area contributed by atoms with Crippen LogP contribution in [-0.4, -0.2) is 24.0 Å². The van der Waals surface area contributed by atoms with Gasteiger partial charge in [-0.05, 0) is 30.7 Å². The normalized spacial score (nSPS) is 20.1. The molecule has 0 aromatic carbocycles. The van der Waals surface area contributed by atoms with Crippen LogP contribution in [-0.2, 0) is 11.3 Å². The van der Waals surface area contributed by atoms with Crippen LogP contribution in [0.15, 0.2) is 24.5 Å². The number of hydrogen-bond donors (Lipinski definition) is 2. The first kappa shape index (κ1) is 10.1. The SMILES string of the molecule is O=C(NCc1ccncc1)[C@H]1CCNC1. The molecule has 1 fully saturated rings. The maximum atomic E-state index is 11.7. The summed E-state index contributed by atoms with van der Waals surface area (Å²) in [7, 11) is 0. The number of hydrogen-bond acceptors (Lipinski definition) is 3. The van der Waals surface area contributed by atoms with Gasteiger partial charge in [-0.25, -0.2) is 0 Å². The summed E-state index contributed by atoms with van der Waals surface area (Å²) >= 11 is 0. The lowest BCUT2D eigenvalue weighted by Crippen LogP contribution is -2.31.